The lowest BCUT2D eigenvalue weighted by atomic mass is 10.1. The molecular formula is C15H18N4O2S. The number of rotatable bonds is 4. The van der Waals surface area contributed by atoms with Gasteiger partial charge in [-0.1, -0.05) is 36.0 Å². The molecule has 1 heterocycles. The van der Waals surface area contributed by atoms with E-state index in [0.29, 0.717) is 6.54 Å². The Kier molecular flexibility index (Phi) is 4.06. The number of aromatic nitrogens is 3. The third-order valence-electron chi connectivity index (χ3n) is 4.03. The fourth-order valence-electron chi connectivity index (χ4n) is 2.96. The van der Waals surface area contributed by atoms with Crippen LogP contribution in [0.5, 0.6) is 0 Å². The van der Waals surface area contributed by atoms with Crippen molar-refractivity contribution in [2.45, 2.75) is 29.8 Å². The van der Waals surface area contributed by atoms with Crippen LogP contribution in [0.4, 0.5) is 4.79 Å². The Morgan fingerprint density at radius 1 is 1.50 bits per heavy atom. The summed E-state index contributed by atoms with van der Waals surface area (Å²) >= 11 is 1.58. The van der Waals surface area contributed by atoms with E-state index in [4.69, 9.17) is 0 Å². The molecule has 7 heteroatoms. The topological polar surface area (TPSA) is 71.2 Å². The molecule has 0 unspecified atom stereocenters. The zero-order valence-corrected chi connectivity index (χ0v) is 13.3. The molecule has 1 aromatic heterocycles. The molecule has 0 aliphatic heterocycles. The summed E-state index contributed by atoms with van der Waals surface area (Å²) in [5.41, 5.74) is 2.41. The molecule has 2 aromatic rings. The number of likely N-dealkylation sites (N-methyl/N-ethyl adjacent to an activating group) is 1. The van der Waals surface area contributed by atoms with E-state index >= 15 is 0 Å². The van der Waals surface area contributed by atoms with E-state index < -0.39 is 6.09 Å². The first-order valence-corrected chi connectivity index (χ1v) is 8.07. The molecule has 2 atom stereocenters. The van der Waals surface area contributed by atoms with Gasteiger partial charge in [0.2, 0.25) is 0 Å². The van der Waals surface area contributed by atoms with E-state index in [1.807, 2.05) is 30.7 Å². The second kappa shape index (κ2) is 6.00. The van der Waals surface area contributed by atoms with E-state index in [1.54, 1.807) is 18.1 Å². The molecule has 1 aliphatic rings. The maximum Gasteiger partial charge on any atom is 0.407 e. The van der Waals surface area contributed by atoms with Crippen molar-refractivity contribution in [3.05, 3.63) is 41.7 Å². The van der Waals surface area contributed by atoms with Gasteiger partial charge in [0, 0.05) is 13.6 Å². The molecule has 1 amide bonds. The Labute approximate surface area is 133 Å². The van der Waals surface area contributed by atoms with Gasteiger partial charge >= 0.3 is 6.09 Å². The maximum atomic E-state index is 11.6. The Bertz CT molecular complexity index is 688. The standard InChI is InChI=1S/C15H18N4O2S/c1-3-19(15(20)21)12-8-10-6-4-5-7-11(10)13(12)22-14-17-16-9-18(14)2/h4-7,9,12-13H,3,8H2,1-2H3,(H,20,21)/t12-,13-/m1/s1. The van der Waals surface area contributed by atoms with Crippen molar-refractivity contribution in [2.75, 3.05) is 6.54 Å². The van der Waals surface area contributed by atoms with Crippen molar-refractivity contribution in [2.24, 2.45) is 7.05 Å². The third-order valence-corrected chi connectivity index (χ3v) is 5.43. The number of hydrogen-bond acceptors (Lipinski definition) is 4. The molecular weight excluding hydrogens is 300 g/mol. The Balaban J connectivity index is 1.96. The number of benzene rings is 1. The molecule has 0 saturated heterocycles. The molecule has 1 N–H and O–H groups in total. The van der Waals surface area contributed by atoms with Crippen molar-refractivity contribution in [3.8, 4) is 0 Å². The van der Waals surface area contributed by atoms with Crippen LogP contribution in [0.3, 0.4) is 0 Å². The average Bonchev–Trinajstić information content (AvgIpc) is 3.05. The van der Waals surface area contributed by atoms with E-state index in [9.17, 15) is 9.90 Å². The highest BCUT2D eigenvalue weighted by atomic mass is 32.2. The molecule has 1 aromatic carbocycles. The molecule has 0 spiro atoms. The van der Waals surface area contributed by atoms with Crippen LogP contribution in [0, 0.1) is 0 Å². The molecule has 0 fully saturated rings. The number of carbonyl (C=O) groups is 1. The van der Waals surface area contributed by atoms with Gasteiger partial charge in [-0.15, -0.1) is 10.2 Å². The van der Waals surface area contributed by atoms with Gasteiger partial charge in [-0.2, -0.15) is 0 Å². The van der Waals surface area contributed by atoms with Crippen LogP contribution in [0.2, 0.25) is 0 Å². The van der Waals surface area contributed by atoms with Crippen LogP contribution in [-0.2, 0) is 13.5 Å². The quantitative estimate of drug-likeness (QED) is 0.938. The lowest BCUT2D eigenvalue weighted by Gasteiger charge is -2.29. The van der Waals surface area contributed by atoms with Crippen LogP contribution >= 0.6 is 11.8 Å². The van der Waals surface area contributed by atoms with Crippen LogP contribution < -0.4 is 0 Å². The second-order valence-electron chi connectivity index (χ2n) is 5.30. The molecule has 22 heavy (non-hydrogen) atoms. The van der Waals surface area contributed by atoms with Crippen LogP contribution in [0.15, 0.2) is 35.7 Å². The van der Waals surface area contributed by atoms with Crippen LogP contribution in [0.1, 0.15) is 23.3 Å². The largest absolute Gasteiger partial charge is 0.465 e. The SMILES string of the molecule is CCN(C(=O)O)[C@@H]1Cc2ccccc2[C@H]1Sc1nncn1C. The summed E-state index contributed by atoms with van der Waals surface area (Å²) in [6.45, 7) is 2.35. The molecule has 6 nitrogen and oxygen atoms in total. The average molecular weight is 318 g/mol. The summed E-state index contributed by atoms with van der Waals surface area (Å²) in [7, 11) is 1.90. The third kappa shape index (κ3) is 2.56. The van der Waals surface area contributed by atoms with Crippen molar-refractivity contribution in [1.82, 2.24) is 19.7 Å². The van der Waals surface area contributed by atoms with Crippen LogP contribution in [0.25, 0.3) is 0 Å². The predicted octanol–water partition coefficient (Wildman–Crippen LogP) is 2.57. The van der Waals surface area contributed by atoms with Gasteiger partial charge in [-0.05, 0) is 24.5 Å². The predicted molar refractivity (Wildman–Crippen MR) is 83.9 cm³/mol. The molecule has 116 valence electrons. The summed E-state index contributed by atoms with van der Waals surface area (Å²) in [5.74, 6) is 0. The zero-order chi connectivity index (χ0) is 15.7. The van der Waals surface area contributed by atoms with Crippen molar-refractivity contribution >= 4 is 17.9 Å². The Morgan fingerprint density at radius 2 is 2.27 bits per heavy atom. The molecule has 1 aliphatic carbocycles. The van der Waals surface area contributed by atoms with Gasteiger partial charge in [0.1, 0.15) is 6.33 Å². The van der Waals surface area contributed by atoms with Crippen molar-refractivity contribution in [1.29, 1.82) is 0 Å². The number of thioether (sulfide) groups is 1. The summed E-state index contributed by atoms with van der Waals surface area (Å²) in [6, 6.07) is 8.08. The highest BCUT2D eigenvalue weighted by molar-refractivity contribution is 7.99. The van der Waals surface area contributed by atoms with Gasteiger partial charge in [-0.3, -0.25) is 0 Å². The summed E-state index contributed by atoms with van der Waals surface area (Å²) in [6.07, 6.45) is 1.53. The van der Waals surface area contributed by atoms with Gasteiger partial charge < -0.3 is 14.6 Å². The molecule has 0 saturated carbocycles. The zero-order valence-electron chi connectivity index (χ0n) is 12.5. The van der Waals surface area contributed by atoms with E-state index in [0.717, 1.165) is 11.6 Å². The van der Waals surface area contributed by atoms with E-state index in [1.165, 1.54) is 16.0 Å². The first-order valence-electron chi connectivity index (χ1n) is 7.19. The number of amides is 1. The van der Waals surface area contributed by atoms with Crippen molar-refractivity contribution < 1.29 is 9.90 Å². The van der Waals surface area contributed by atoms with Gasteiger partial charge in [0.05, 0.1) is 11.3 Å². The number of carboxylic acid groups (broad SMARTS) is 1. The van der Waals surface area contributed by atoms with Crippen molar-refractivity contribution in [3.63, 3.8) is 0 Å². The summed E-state index contributed by atoms with van der Waals surface area (Å²) in [4.78, 5) is 13.1. The van der Waals surface area contributed by atoms with E-state index in [2.05, 4.69) is 22.3 Å². The van der Waals surface area contributed by atoms with Gasteiger partial charge in [0.25, 0.3) is 0 Å². The van der Waals surface area contributed by atoms with Crippen LogP contribution in [-0.4, -0.2) is 43.5 Å². The first kappa shape index (κ1) is 14.9. The summed E-state index contributed by atoms with van der Waals surface area (Å²) < 4.78 is 1.86. The van der Waals surface area contributed by atoms with Gasteiger partial charge in [-0.25, -0.2) is 4.79 Å². The number of fused-ring (bicyclic) bond motifs is 1. The minimum absolute atomic E-state index is 0.0372. The molecule has 0 bridgehead atoms. The molecule has 3 rings (SSSR count). The maximum absolute atomic E-state index is 11.6. The minimum atomic E-state index is -0.871. The Hall–Kier alpha value is -2.02. The first-order chi connectivity index (χ1) is 10.6. The Morgan fingerprint density at radius 3 is 2.91 bits per heavy atom. The second-order valence-corrected chi connectivity index (χ2v) is 6.41. The number of aryl methyl sites for hydroxylation is 1. The normalized spacial score (nSPS) is 19.9. The number of nitrogens with zero attached hydrogens (tertiary/aromatic N) is 4. The highest BCUT2D eigenvalue weighted by Crippen LogP contribution is 2.46. The minimum Gasteiger partial charge on any atom is -0.465 e. The molecule has 0 radical (unpaired) electrons. The highest BCUT2D eigenvalue weighted by Gasteiger charge is 2.39. The van der Waals surface area contributed by atoms with Gasteiger partial charge in [0.15, 0.2) is 5.16 Å². The fourth-order valence-corrected chi connectivity index (χ4v) is 4.25. The van der Waals surface area contributed by atoms with E-state index in [-0.39, 0.29) is 11.3 Å². The lowest BCUT2D eigenvalue weighted by Crippen LogP contribution is -2.41. The lowest BCUT2D eigenvalue weighted by molar-refractivity contribution is 0.128. The monoisotopic (exact) mass is 318 g/mol. The summed E-state index contributed by atoms with van der Waals surface area (Å²) in [5, 5.41) is 18.4. The smallest absolute Gasteiger partial charge is 0.407 e. The fraction of sp³-hybridized carbons (Fsp3) is 0.400. The number of hydrogen-bond donors (Lipinski definition) is 1.